The van der Waals surface area contributed by atoms with E-state index in [1.54, 1.807) is 0 Å². The molecule has 0 aliphatic carbocycles. The van der Waals surface area contributed by atoms with Gasteiger partial charge in [0.05, 0.1) is 18.2 Å². The number of hydrogen-bond donors (Lipinski definition) is 3. The molecular formula is C20H25F3N6O5S. The van der Waals surface area contributed by atoms with Crippen LogP contribution < -0.4 is 10.0 Å². The molecule has 1 saturated heterocycles. The number of hydrogen-bond acceptors (Lipinski definition) is 7. The summed E-state index contributed by atoms with van der Waals surface area (Å²) in [5, 5.41) is 15.5. The first-order valence-corrected chi connectivity index (χ1v) is 12.4. The highest BCUT2D eigenvalue weighted by atomic mass is 32.2. The van der Waals surface area contributed by atoms with Crippen LogP contribution in [0.4, 0.5) is 29.5 Å². The summed E-state index contributed by atoms with van der Waals surface area (Å²) < 4.78 is 65.2. The Morgan fingerprint density at radius 2 is 1.83 bits per heavy atom. The Labute approximate surface area is 199 Å². The number of halogens is 3. The highest BCUT2D eigenvalue weighted by Gasteiger charge is 2.31. The maximum atomic E-state index is 13.1. The van der Waals surface area contributed by atoms with Gasteiger partial charge in [0.2, 0.25) is 10.0 Å². The highest BCUT2D eigenvalue weighted by Crippen LogP contribution is 2.32. The fourth-order valence-corrected chi connectivity index (χ4v) is 4.01. The Bertz CT molecular complexity index is 1180. The number of piperazine rings is 1. The molecule has 1 aromatic heterocycles. The second-order valence-electron chi connectivity index (χ2n) is 8.01. The number of nitrogens with zero attached hydrogens (tertiary/aromatic N) is 4. The van der Waals surface area contributed by atoms with Crippen molar-refractivity contribution in [1.82, 2.24) is 19.6 Å². The van der Waals surface area contributed by atoms with Gasteiger partial charge in [0, 0.05) is 57.2 Å². The lowest BCUT2D eigenvalue weighted by Crippen LogP contribution is -2.49. The van der Waals surface area contributed by atoms with E-state index >= 15 is 0 Å². The number of nitrogens with one attached hydrogen (secondary N) is 2. The third-order valence-corrected chi connectivity index (χ3v) is 5.78. The van der Waals surface area contributed by atoms with Crippen LogP contribution in [0.1, 0.15) is 17.5 Å². The summed E-state index contributed by atoms with van der Waals surface area (Å²) in [7, 11) is -3.53. The molecule has 11 nitrogen and oxygen atoms in total. The van der Waals surface area contributed by atoms with E-state index in [-0.39, 0.29) is 24.5 Å². The minimum absolute atomic E-state index is 0.0183. The molecule has 0 saturated carbocycles. The lowest BCUT2D eigenvalue weighted by molar-refractivity contribution is -0.138. The van der Waals surface area contributed by atoms with Crippen molar-refractivity contribution in [2.24, 2.45) is 0 Å². The van der Waals surface area contributed by atoms with Crippen LogP contribution in [0.3, 0.4) is 0 Å². The van der Waals surface area contributed by atoms with Gasteiger partial charge < -0.3 is 15.3 Å². The summed E-state index contributed by atoms with van der Waals surface area (Å²) in [6.07, 6.45) is -2.46. The number of aromatic nitrogens is 2. The van der Waals surface area contributed by atoms with Crippen LogP contribution in [0.5, 0.6) is 0 Å². The second-order valence-corrected chi connectivity index (χ2v) is 9.75. The first-order chi connectivity index (χ1) is 16.3. The largest absolute Gasteiger partial charge is 0.481 e. The summed E-state index contributed by atoms with van der Waals surface area (Å²) in [4.78, 5) is 26.9. The van der Waals surface area contributed by atoms with Gasteiger partial charge in [-0.05, 0) is 17.7 Å². The second kappa shape index (κ2) is 10.5. The van der Waals surface area contributed by atoms with Gasteiger partial charge in [0.25, 0.3) is 0 Å². The highest BCUT2D eigenvalue weighted by molar-refractivity contribution is 7.92. The lowest BCUT2D eigenvalue weighted by Gasteiger charge is -2.34. The number of aliphatic carboxylic acids is 1. The third-order valence-electron chi connectivity index (χ3n) is 5.20. The number of carbonyl (C=O) groups is 2. The number of alkyl halides is 3. The molecule has 3 rings (SSSR count). The Morgan fingerprint density at radius 1 is 1.14 bits per heavy atom. The maximum absolute atomic E-state index is 13.1. The Morgan fingerprint density at radius 3 is 2.43 bits per heavy atom. The van der Waals surface area contributed by atoms with E-state index in [0.29, 0.717) is 38.3 Å². The molecule has 0 bridgehead atoms. The minimum Gasteiger partial charge on any atom is -0.481 e. The Balaban J connectivity index is 1.62. The van der Waals surface area contributed by atoms with Gasteiger partial charge in [0.1, 0.15) is 0 Å². The van der Waals surface area contributed by atoms with E-state index in [2.05, 4.69) is 15.1 Å². The molecule has 192 valence electrons. The molecule has 1 aliphatic heterocycles. The van der Waals surface area contributed by atoms with Gasteiger partial charge in [-0.15, -0.1) is 5.10 Å². The van der Waals surface area contributed by atoms with Crippen molar-refractivity contribution >= 4 is 33.5 Å². The van der Waals surface area contributed by atoms with Gasteiger partial charge in [-0.1, -0.05) is 6.07 Å². The van der Waals surface area contributed by atoms with Crippen molar-refractivity contribution < 1.29 is 36.3 Å². The zero-order valence-electron chi connectivity index (χ0n) is 18.7. The molecule has 3 N–H and O–H groups in total. The third kappa shape index (κ3) is 7.58. The summed E-state index contributed by atoms with van der Waals surface area (Å²) in [6, 6.07) is 4.24. The first kappa shape index (κ1) is 26.3. The number of carbonyl (C=O) groups excluding carboxylic acids is 1. The monoisotopic (exact) mass is 518 g/mol. The van der Waals surface area contributed by atoms with Gasteiger partial charge in [-0.25, -0.2) is 13.2 Å². The molecule has 0 spiro atoms. The van der Waals surface area contributed by atoms with Gasteiger partial charge >= 0.3 is 18.2 Å². The van der Waals surface area contributed by atoms with Crippen molar-refractivity contribution in [3.8, 4) is 0 Å². The van der Waals surface area contributed by atoms with Crippen molar-refractivity contribution in [1.29, 1.82) is 0 Å². The molecule has 1 amide bonds. The van der Waals surface area contributed by atoms with E-state index in [1.165, 1.54) is 23.2 Å². The van der Waals surface area contributed by atoms with E-state index in [9.17, 15) is 31.2 Å². The van der Waals surface area contributed by atoms with Crippen molar-refractivity contribution in [3.05, 3.63) is 41.6 Å². The zero-order valence-corrected chi connectivity index (χ0v) is 19.6. The maximum Gasteiger partial charge on any atom is 0.416 e. The summed E-state index contributed by atoms with van der Waals surface area (Å²) in [5.74, 6) is -1.05. The van der Waals surface area contributed by atoms with E-state index in [4.69, 9.17) is 5.11 Å². The smallest absolute Gasteiger partial charge is 0.416 e. The number of rotatable bonds is 8. The molecule has 0 unspecified atom stereocenters. The Kier molecular flexibility index (Phi) is 7.90. The molecule has 35 heavy (non-hydrogen) atoms. The number of benzene rings is 1. The minimum atomic E-state index is -4.53. The summed E-state index contributed by atoms with van der Waals surface area (Å²) in [5.41, 5.74) is -0.0489. The standard InChI is InChI=1S/C20H25F3N6O5S/c1-35(33,34)26-17-5-7-29(25-17)19(32)28-10-8-27(9-11-28)13-14-2-3-15(20(21,22)23)12-16(14)24-6-4-18(30)31/h2-3,5,7,12,24H,4,6,8-11,13H2,1H3,(H,25,26)(H,30,31). The van der Waals surface area contributed by atoms with Crippen LogP contribution in [-0.2, 0) is 27.5 Å². The van der Waals surface area contributed by atoms with Crippen molar-refractivity contribution in [2.45, 2.75) is 19.1 Å². The summed E-state index contributed by atoms with van der Waals surface area (Å²) >= 11 is 0. The van der Waals surface area contributed by atoms with Gasteiger partial charge in [-0.2, -0.15) is 17.9 Å². The molecule has 1 fully saturated rings. The molecule has 1 aliphatic rings. The van der Waals surface area contributed by atoms with Crippen LogP contribution in [-0.4, -0.2) is 84.1 Å². The normalized spacial score (nSPS) is 15.1. The molecule has 2 aromatic rings. The van der Waals surface area contributed by atoms with Crippen LogP contribution in [0.15, 0.2) is 30.5 Å². The molecule has 2 heterocycles. The predicted molar refractivity (Wildman–Crippen MR) is 121 cm³/mol. The number of amides is 1. The zero-order chi connectivity index (χ0) is 25.8. The fraction of sp³-hybridized carbons (Fsp3) is 0.450. The molecule has 0 radical (unpaired) electrons. The average Bonchev–Trinajstić information content (AvgIpc) is 3.20. The van der Waals surface area contributed by atoms with Crippen LogP contribution >= 0.6 is 0 Å². The Hall–Kier alpha value is -3.33. The van der Waals surface area contributed by atoms with E-state index in [1.807, 2.05) is 4.90 Å². The number of sulfonamides is 1. The fourth-order valence-electron chi connectivity index (χ4n) is 3.52. The van der Waals surface area contributed by atoms with Crippen LogP contribution in [0.2, 0.25) is 0 Å². The molecule has 15 heteroatoms. The van der Waals surface area contributed by atoms with Gasteiger partial charge in [0.15, 0.2) is 5.82 Å². The lowest BCUT2D eigenvalue weighted by atomic mass is 10.1. The van der Waals surface area contributed by atoms with Crippen molar-refractivity contribution in [3.63, 3.8) is 0 Å². The SMILES string of the molecule is CS(=O)(=O)Nc1ccn(C(=O)N2CCN(Cc3ccc(C(F)(F)F)cc3NCCC(=O)O)CC2)n1. The quantitative estimate of drug-likeness (QED) is 0.482. The van der Waals surface area contributed by atoms with Crippen LogP contribution in [0.25, 0.3) is 0 Å². The van der Waals surface area contributed by atoms with E-state index in [0.717, 1.165) is 23.1 Å². The number of carboxylic acids is 1. The topological polar surface area (TPSA) is 137 Å². The molecule has 0 atom stereocenters. The molecular weight excluding hydrogens is 493 g/mol. The van der Waals surface area contributed by atoms with Crippen LogP contribution in [0, 0.1) is 0 Å². The van der Waals surface area contributed by atoms with Crippen molar-refractivity contribution in [2.75, 3.05) is 49.0 Å². The number of anilines is 2. The first-order valence-electron chi connectivity index (χ1n) is 10.5. The predicted octanol–water partition coefficient (Wildman–Crippen LogP) is 1.95. The molecule has 1 aromatic carbocycles. The number of carboxylic acid groups (broad SMARTS) is 1. The average molecular weight is 519 g/mol. The summed E-state index contributed by atoms with van der Waals surface area (Å²) in [6.45, 7) is 1.83. The van der Waals surface area contributed by atoms with E-state index < -0.39 is 33.8 Å². The van der Waals surface area contributed by atoms with Gasteiger partial charge in [-0.3, -0.25) is 14.4 Å².